The SMILES string of the molecule is O=C(NO)c1ccc(CSc2nc3ccccc3n2Cc2ccccn2)cc1. The number of imidazole rings is 1. The Labute approximate surface area is 166 Å². The quantitative estimate of drug-likeness (QED) is 0.297. The van der Waals surface area contributed by atoms with E-state index in [2.05, 4.69) is 15.6 Å². The molecule has 0 spiro atoms. The first kappa shape index (κ1) is 18.2. The van der Waals surface area contributed by atoms with Crippen molar-refractivity contribution >= 4 is 28.7 Å². The van der Waals surface area contributed by atoms with Crippen LogP contribution in [0.4, 0.5) is 0 Å². The highest BCUT2D eigenvalue weighted by molar-refractivity contribution is 7.98. The monoisotopic (exact) mass is 390 g/mol. The number of pyridine rings is 1. The summed E-state index contributed by atoms with van der Waals surface area (Å²) < 4.78 is 2.18. The third kappa shape index (κ3) is 3.90. The Bertz CT molecular complexity index is 1090. The highest BCUT2D eigenvalue weighted by Crippen LogP contribution is 2.27. The van der Waals surface area contributed by atoms with E-state index in [9.17, 15) is 4.79 Å². The van der Waals surface area contributed by atoms with E-state index in [0.29, 0.717) is 17.9 Å². The summed E-state index contributed by atoms with van der Waals surface area (Å²) in [6.45, 7) is 0.652. The molecule has 4 rings (SSSR count). The maximum Gasteiger partial charge on any atom is 0.274 e. The molecule has 0 radical (unpaired) electrons. The Morgan fingerprint density at radius 2 is 1.82 bits per heavy atom. The first-order valence-corrected chi connectivity index (χ1v) is 9.74. The van der Waals surface area contributed by atoms with Gasteiger partial charge < -0.3 is 4.57 Å². The third-order valence-corrected chi connectivity index (χ3v) is 5.40. The Hall–Kier alpha value is -3.16. The molecule has 2 N–H and O–H groups in total. The van der Waals surface area contributed by atoms with Crippen LogP contribution in [-0.2, 0) is 12.3 Å². The van der Waals surface area contributed by atoms with Gasteiger partial charge in [-0.15, -0.1) is 0 Å². The van der Waals surface area contributed by atoms with Crippen LogP contribution >= 0.6 is 11.8 Å². The lowest BCUT2D eigenvalue weighted by Gasteiger charge is -2.09. The Kier molecular flexibility index (Phi) is 5.36. The number of aromatic nitrogens is 3. The number of carbonyl (C=O) groups excluding carboxylic acids is 1. The maximum atomic E-state index is 11.4. The fourth-order valence-corrected chi connectivity index (χ4v) is 3.90. The highest BCUT2D eigenvalue weighted by atomic mass is 32.2. The number of hydrogen-bond acceptors (Lipinski definition) is 5. The molecule has 2 aromatic heterocycles. The summed E-state index contributed by atoms with van der Waals surface area (Å²) in [6.07, 6.45) is 1.80. The molecule has 28 heavy (non-hydrogen) atoms. The summed E-state index contributed by atoms with van der Waals surface area (Å²) in [5.41, 5.74) is 6.13. The summed E-state index contributed by atoms with van der Waals surface area (Å²) in [5, 5.41) is 9.63. The minimum atomic E-state index is -0.517. The number of thioether (sulfide) groups is 1. The number of carbonyl (C=O) groups is 1. The fourth-order valence-electron chi connectivity index (χ4n) is 2.93. The zero-order valence-corrected chi connectivity index (χ0v) is 15.8. The molecule has 2 heterocycles. The van der Waals surface area contributed by atoms with Gasteiger partial charge in [0.05, 0.1) is 23.3 Å². The van der Waals surface area contributed by atoms with Crippen LogP contribution in [0.15, 0.2) is 78.1 Å². The number of amides is 1. The van der Waals surface area contributed by atoms with Crippen LogP contribution in [0.1, 0.15) is 21.6 Å². The van der Waals surface area contributed by atoms with Crippen LogP contribution < -0.4 is 5.48 Å². The molecule has 7 heteroatoms. The second-order valence-corrected chi connectivity index (χ2v) is 7.16. The number of nitrogens with zero attached hydrogens (tertiary/aromatic N) is 3. The Morgan fingerprint density at radius 3 is 2.57 bits per heavy atom. The molecule has 0 saturated heterocycles. The van der Waals surface area contributed by atoms with Crippen molar-refractivity contribution in [1.82, 2.24) is 20.0 Å². The zero-order chi connectivity index (χ0) is 19.3. The normalized spacial score (nSPS) is 10.9. The molecule has 0 unspecified atom stereocenters. The van der Waals surface area contributed by atoms with Gasteiger partial charge in [-0.05, 0) is 42.0 Å². The largest absolute Gasteiger partial charge is 0.313 e. The molecule has 0 fully saturated rings. The van der Waals surface area contributed by atoms with Crippen molar-refractivity contribution in [1.29, 1.82) is 0 Å². The lowest BCUT2D eigenvalue weighted by Crippen LogP contribution is -2.18. The van der Waals surface area contributed by atoms with Crippen molar-refractivity contribution in [3.8, 4) is 0 Å². The molecular weight excluding hydrogens is 372 g/mol. The molecule has 1 amide bonds. The van der Waals surface area contributed by atoms with Gasteiger partial charge in [0.15, 0.2) is 5.16 Å². The molecule has 6 nitrogen and oxygen atoms in total. The van der Waals surface area contributed by atoms with Gasteiger partial charge in [0.2, 0.25) is 0 Å². The average molecular weight is 390 g/mol. The average Bonchev–Trinajstić information content (AvgIpc) is 3.10. The predicted molar refractivity (Wildman–Crippen MR) is 108 cm³/mol. The number of hydroxylamine groups is 1. The molecule has 0 aliphatic rings. The lowest BCUT2D eigenvalue weighted by atomic mass is 10.1. The topological polar surface area (TPSA) is 80.0 Å². The first-order chi connectivity index (χ1) is 13.7. The van der Waals surface area contributed by atoms with Crippen LogP contribution in [0, 0.1) is 0 Å². The van der Waals surface area contributed by atoms with Crippen molar-refractivity contribution in [2.75, 3.05) is 0 Å². The van der Waals surface area contributed by atoms with Crippen molar-refractivity contribution in [2.45, 2.75) is 17.5 Å². The van der Waals surface area contributed by atoms with Gasteiger partial charge in [0.1, 0.15) is 0 Å². The van der Waals surface area contributed by atoms with Crippen molar-refractivity contribution in [2.24, 2.45) is 0 Å². The van der Waals surface area contributed by atoms with Gasteiger partial charge in [0, 0.05) is 17.5 Å². The third-order valence-electron chi connectivity index (χ3n) is 4.35. The number of benzene rings is 2. The van der Waals surface area contributed by atoms with Crippen LogP contribution in [0.2, 0.25) is 0 Å². The minimum Gasteiger partial charge on any atom is -0.313 e. The lowest BCUT2D eigenvalue weighted by molar-refractivity contribution is 0.0706. The zero-order valence-electron chi connectivity index (χ0n) is 14.9. The number of rotatable bonds is 6. The van der Waals surface area contributed by atoms with E-state index in [4.69, 9.17) is 10.2 Å². The van der Waals surface area contributed by atoms with Gasteiger partial charge in [-0.25, -0.2) is 10.5 Å². The molecule has 0 aliphatic carbocycles. The molecule has 4 aromatic rings. The van der Waals surface area contributed by atoms with E-state index in [-0.39, 0.29) is 0 Å². The Morgan fingerprint density at radius 1 is 1.04 bits per heavy atom. The smallest absolute Gasteiger partial charge is 0.274 e. The summed E-state index contributed by atoms with van der Waals surface area (Å²) in [6, 6.07) is 21.1. The van der Waals surface area contributed by atoms with Crippen molar-refractivity contribution in [3.05, 3.63) is 89.7 Å². The molecule has 140 valence electrons. The number of fused-ring (bicyclic) bond motifs is 1. The minimum absolute atomic E-state index is 0.415. The summed E-state index contributed by atoms with van der Waals surface area (Å²) in [5.74, 6) is 0.198. The van der Waals surface area contributed by atoms with E-state index in [1.807, 2.05) is 48.5 Å². The van der Waals surface area contributed by atoms with E-state index >= 15 is 0 Å². The molecule has 0 aliphatic heterocycles. The van der Waals surface area contributed by atoms with E-state index in [0.717, 1.165) is 27.4 Å². The maximum absolute atomic E-state index is 11.4. The summed E-state index contributed by atoms with van der Waals surface area (Å²) >= 11 is 1.64. The van der Waals surface area contributed by atoms with Crippen LogP contribution in [0.3, 0.4) is 0 Å². The predicted octanol–water partition coefficient (Wildman–Crippen LogP) is 3.89. The van der Waals surface area contributed by atoms with Gasteiger partial charge in [-0.1, -0.05) is 42.1 Å². The molecule has 0 bridgehead atoms. The molecule has 0 saturated carbocycles. The standard InChI is InChI=1S/C21H18N4O2S/c26-20(24-27)16-10-8-15(9-11-16)14-28-21-23-18-6-1-2-7-19(18)25(21)13-17-5-3-4-12-22-17/h1-12,27H,13-14H2,(H,24,26). The number of nitrogens with one attached hydrogen (secondary N) is 1. The molecule has 0 atom stereocenters. The van der Waals surface area contributed by atoms with E-state index in [1.165, 1.54) is 0 Å². The van der Waals surface area contributed by atoms with Gasteiger partial charge in [-0.3, -0.25) is 15.0 Å². The highest BCUT2D eigenvalue weighted by Gasteiger charge is 2.12. The van der Waals surface area contributed by atoms with Gasteiger partial charge in [0.25, 0.3) is 5.91 Å². The number of hydrogen-bond donors (Lipinski definition) is 2. The second-order valence-electron chi connectivity index (χ2n) is 6.22. The van der Waals surface area contributed by atoms with Crippen molar-refractivity contribution < 1.29 is 10.0 Å². The van der Waals surface area contributed by atoms with Crippen LogP contribution in [0.25, 0.3) is 11.0 Å². The molecular formula is C21H18N4O2S. The van der Waals surface area contributed by atoms with Crippen LogP contribution in [0.5, 0.6) is 0 Å². The van der Waals surface area contributed by atoms with Crippen LogP contribution in [-0.4, -0.2) is 25.6 Å². The fraction of sp³-hybridized carbons (Fsp3) is 0.0952. The molecule has 2 aromatic carbocycles. The first-order valence-electron chi connectivity index (χ1n) is 8.76. The van der Waals surface area contributed by atoms with Gasteiger partial charge >= 0.3 is 0 Å². The number of para-hydroxylation sites is 2. The second kappa shape index (κ2) is 8.24. The summed E-state index contributed by atoms with van der Waals surface area (Å²) in [4.78, 5) is 20.7. The van der Waals surface area contributed by atoms with E-state index < -0.39 is 5.91 Å². The van der Waals surface area contributed by atoms with Crippen molar-refractivity contribution in [3.63, 3.8) is 0 Å². The van der Waals surface area contributed by atoms with Gasteiger partial charge in [-0.2, -0.15) is 0 Å². The Balaban J connectivity index is 1.58. The van der Waals surface area contributed by atoms with E-state index in [1.54, 1.807) is 35.6 Å². The summed E-state index contributed by atoms with van der Waals surface area (Å²) in [7, 11) is 0.